The standard InChI is InChI=1S/C14H12FN3O2S/c1-9-5-6-10(7-13(9)17)21(19,20)18-14-4-2-3-12(15)11(14)8-16/h2-7,18H,17H2,1H3. The summed E-state index contributed by atoms with van der Waals surface area (Å²) in [5.74, 6) is -0.791. The van der Waals surface area contributed by atoms with Crippen molar-refractivity contribution in [3.05, 3.63) is 53.3 Å². The molecule has 108 valence electrons. The summed E-state index contributed by atoms with van der Waals surface area (Å²) in [5.41, 5.74) is 6.29. The van der Waals surface area contributed by atoms with Gasteiger partial charge in [0.2, 0.25) is 0 Å². The number of halogens is 1. The molecule has 0 aromatic heterocycles. The number of benzene rings is 2. The Labute approximate surface area is 121 Å². The number of aryl methyl sites for hydroxylation is 1. The molecule has 0 fully saturated rings. The average molecular weight is 305 g/mol. The molecule has 0 bridgehead atoms. The monoisotopic (exact) mass is 305 g/mol. The smallest absolute Gasteiger partial charge is 0.262 e. The van der Waals surface area contributed by atoms with Crippen molar-refractivity contribution in [1.29, 1.82) is 5.26 Å². The first-order chi connectivity index (χ1) is 9.85. The normalized spacial score (nSPS) is 10.9. The van der Waals surface area contributed by atoms with Crippen LogP contribution in [0.15, 0.2) is 41.3 Å². The highest BCUT2D eigenvalue weighted by atomic mass is 32.2. The van der Waals surface area contributed by atoms with E-state index in [-0.39, 0.29) is 16.1 Å². The first-order valence-electron chi connectivity index (χ1n) is 5.92. The number of sulfonamides is 1. The summed E-state index contributed by atoms with van der Waals surface area (Å²) in [5, 5.41) is 8.90. The fourth-order valence-corrected chi connectivity index (χ4v) is 2.82. The van der Waals surface area contributed by atoms with Crippen molar-refractivity contribution < 1.29 is 12.8 Å². The molecule has 0 spiro atoms. The lowest BCUT2D eigenvalue weighted by Gasteiger charge is -2.11. The number of rotatable bonds is 3. The molecule has 3 N–H and O–H groups in total. The second kappa shape index (κ2) is 5.42. The van der Waals surface area contributed by atoms with Crippen LogP contribution in [-0.4, -0.2) is 8.42 Å². The molecule has 0 saturated heterocycles. The number of nitrogen functional groups attached to an aromatic ring is 1. The third-order valence-electron chi connectivity index (χ3n) is 2.93. The fourth-order valence-electron chi connectivity index (χ4n) is 1.71. The van der Waals surface area contributed by atoms with Gasteiger partial charge >= 0.3 is 0 Å². The van der Waals surface area contributed by atoms with Crippen LogP contribution in [0.25, 0.3) is 0 Å². The molecule has 0 saturated carbocycles. The lowest BCUT2D eigenvalue weighted by molar-refractivity contribution is 0.601. The largest absolute Gasteiger partial charge is 0.398 e. The SMILES string of the molecule is Cc1ccc(S(=O)(=O)Nc2cccc(F)c2C#N)cc1N. The zero-order valence-electron chi connectivity index (χ0n) is 11.1. The van der Waals surface area contributed by atoms with Crippen molar-refractivity contribution in [3.63, 3.8) is 0 Å². The molecule has 2 aromatic carbocycles. The van der Waals surface area contributed by atoms with E-state index in [1.165, 1.54) is 24.3 Å². The maximum Gasteiger partial charge on any atom is 0.262 e. The number of nitrogens with zero attached hydrogens (tertiary/aromatic N) is 1. The van der Waals surface area contributed by atoms with Gasteiger partial charge in [-0.25, -0.2) is 12.8 Å². The van der Waals surface area contributed by atoms with Gasteiger partial charge < -0.3 is 5.73 Å². The van der Waals surface area contributed by atoms with Gasteiger partial charge in [0.15, 0.2) is 0 Å². The molecule has 0 aliphatic heterocycles. The second-order valence-corrected chi connectivity index (χ2v) is 6.08. The molecule has 5 nitrogen and oxygen atoms in total. The molecule has 0 aliphatic carbocycles. The van der Waals surface area contributed by atoms with Gasteiger partial charge in [-0.2, -0.15) is 5.26 Å². The van der Waals surface area contributed by atoms with Gasteiger partial charge in [-0.15, -0.1) is 0 Å². The molecular formula is C14H12FN3O2S. The van der Waals surface area contributed by atoms with Gasteiger partial charge in [0, 0.05) is 5.69 Å². The van der Waals surface area contributed by atoms with Crippen LogP contribution in [0.5, 0.6) is 0 Å². The maximum absolute atomic E-state index is 13.5. The van der Waals surface area contributed by atoms with E-state index in [4.69, 9.17) is 11.0 Å². The highest BCUT2D eigenvalue weighted by molar-refractivity contribution is 7.92. The van der Waals surface area contributed by atoms with Crippen LogP contribution in [0.2, 0.25) is 0 Å². The number of nitriles is 1. The second-order valence-electron chi connectivity index (χ2n) is 4.40. The molecule has 0 atom stereocenters. The lowest BCUT2D eigenvalue weighted by Crippen LogP contribution is -2.14. The summed E-state index contributed by atoms with van der Waals surface area (Å²) >= 11 is 0. The molecule has 2 rings (SSSR count). The molecule has 2 aromatic rings. The quantitative estimate of drug-likeness (QED) is 0.851. The predicted octanol–water partition coefficient (Wildman–Crippen LogP) is 2.39. The molecule has 0 amide bonds. The van der Waals surface area contributed by atoms with Crippen LogP contribution in [0, 0.1) is 24.1 Å². The van der Waals surface area contributed by atoms with E-state index in [1.807, 2.05) is 0 Å². The topological polar surface area (TPSA) is 96.0 Å². The number of nitrogens with two attached hydrogens (primary N) is 1. The first kappa shape index (κ1) is 14.8. The zero-order valence-corrected chi connectivity index (χ0v) is 11.9. The van der Waals surface area contributed by atoms with Gasteiger partial charge in [0.05, 0.1) is 10.6 Å². The Bertz CT molecular complexity index is 842. The summed E-state index contributed by atoms with van der Waals surface area (Å²) < 4.78 is 40.2. The fraction of sp³-hybridized carbons (Fsp3) is 0.0714. The Morgan fingerprint density at radius 3 is 2.62 bits per heavy atom. The molecule has 0 heterocycles. The van der Waals surface area contributed by atoms with E-state index in [9.17, 15) is 12.8 Å². The average Bonchev–Trinajstić information content (AvgIpc) is 2.41. The van der Waals surface area contributed by atoms with Gasteiger partial charge in [0.1, 0.15) is 17.4 Å². The highest BCUT2D eigenvalue weighted by Gasteiger charge is 2.18. The van der Waals surface area contributed by atoms with Crippen molar-refractivity contribution in [2.45, 2.75) is 11.8 Å². The van der Waals surface area contributed by atoms with Gasteiger partial charge in [0.25, 0.3) is 10.0 Å². The Morgan fingerprint density at radius 1 is 1.29 bits per heavy atom. The summed E-state index contributed by atoms with van der Waals surface area (Å²) in [6, 6.07) is 9.62. The van der Waals surface area contributed by atoms with E-state index < -0.39 is 15.8 Å². The van der Waals surface area contributed by atoms with E-state index in [1.54, 1.807) is 19.1 Å². The number of nitrogens with one attached hydrogen (secondary N) is 1. The van der Waals surface area contributed by atoms with Crippen LogP contribution < -0.4 is 10.5 Å². The van der Waals surface area contributed by atoms with E-state index in [0.29, 0.717) is 5.69 Å². The number of anilines is 2. The first-order valence-corrected chi connectivity index (χ1v) is 7.41. The van der Waals surface area contributed by atoms with E-state index in [0.717, 1.165) is 11.6 Å². The van der Waals surface area contributed by atoms with E-state index >= 15 is 0 Å². The summed E-state index contributed by atoms with van der Waals surface area (Å²) in [6.07, 6.45) is 0. The Hall–Kier alpha value is -2.59. The van der Waals surface area contributed by atoms with Crippen molar-refractivity contribution in [3.8, 4) is 6.07 Å². The minimum Gasteiger partial charge on any atom is -0.398 e. The van der Waals surface area contributed by atoms with Crippen LogP contribution in [-0.2, 0) is 10.0 Å². The number of hydrogen-bond donors (Lipinski definition) is 2. The van der Waals surface area contributed by atoms with Crippen molar-refractivity contribution in [2.24, 2.45) is 0 Å². The maximum atomic E-state index is 13.5. The predicted molar refractivity (Wildman–Crippen MR) is 77.5 cm³/mol. The minimum atomic E-state index is -3.95. The summed E-state index contributed by atoms with van der Waals surface area (Å²) in [6.45, 7) is 1.75. The highest BCUT2D eigenvalue weighted by Crippen LogP contribution is 2.23. The van der Waals surface area contributed by atoms with Gasteiger partial charge in [-0.1, -0.05) is 12.1 Å². The Balaban J connectivity index is 2.45. The molecule has 0 radical (unpaired) electrons. The van der Waals surface area contributed by atoms with Gasteiger partial charge in [-0.05, 0) is 36.8 Å². The molecule has 7 heteroatoms. The van der Waals surface area contributed by atoms with Gasteiger partial charge in [-0.3, -0.25) is 4.72 Å². The zero-order chi connectivity index (χ0) is 15.6. The van der Waals surface area contributed by atoms with Crippen molar-refractivity contribution >= 4 is 21.4 Å². The lowest BCUT2D eigenvalue weighted by atomic mass is 10.2. The van der Waals surface area contributed by atoms with Crippen LogP contribution in [0.1, 0.15) is 11.1 Å². The van der Waals surface area contributed by atoms with Crippen molar-refractivity contribution in [1.82, 2.24) is 0 Å². The van der Waals surface area contributed by atoms with Crippen molar-refractivity contribution in [2.75, 3.05) is 10.5 Å². The van der Waals surface area contributed by atoms with E-state index in [2.05, 4.69) is 4.72 Å². The third kappa shape index (κ3) is 2.95. The minimum absolute atomic E-state index is 0.0567. The molecule has 0 aliphatic rings. The Kier molecular flexibility index (Phi) is 3.82. The van der Waals surface area contributed by atoms with Crippen LogP contribution >= 0.6 is 0 Å². The molecule has 21 heavy (non-hydrogen) atoms. The summed E-state index contributed by atoms with van der Waals surface area (Å²) in [4.78, 5) is -0.0567. The molecular weight excluding hydrogens is 293 g/mol. The Morgan fingerprint density at radius 2 is 2.00 bits per heavy atom. The van der Waals surface area contributed by atoms with Crippen LogP contribution in [0.3, 0.4) is 0 Å². The van der Waals surface area contributed by atoms with Crippen LogP contribution in [0.4, 0.5) is 15.8 Å². The third-order valence-corrected chi connectivity index (χ3v) is 4.29. The molecule has 0 unspecified atom stereocenters. The summed E-state index contributed by atoms with van der Waals surface area (Å²) in [7, 11) is -3.95. The number of hydrogen-bond acceptors (Lipinski definition) is 4.